The van der Waals surface area contributed by atoms with Crippen molar-refractivity contribution in [1.29, 1.82) is 0 Å². The van der Waals surface area contributed by atoms with Crippen LogP contribution in [0.1, 0.15) is 41.0 Å². The van der Waals surface area contributed by atoms with Crippen molar-refractivity contribution in [3.63, 3.8) is 0 Å². The van der Waals surface area contributed by atoms with Gasteiger partial charge in [0.1, 0.15) is 5.75 Å². The predicted octanol–water partition coefficient (Wildman–Crippen LogP) is 4.60. The van der Waals surface area contributed by atoms with Gasteiger partial charge in [-0.2, -0.15) is 0 Å². The minimum Gasteiger partial charge on any atom is -0.497 e. The second-order valence-electron chi connectivity index (χ2n) is 3.15. The molecule has 1 aromatic carbocycles. The van der Waals surface area contributed by atoms with Crippen molar-refractivity contribution in [3.8, 4) is 5.75 Å². The summed E-state index contributed by atoms with van der Waals surface area (Å²) in [6.07, 6.45) is 4.56. The monoisotopic (exact) mass is 343 g/mol. The summed E-state index contributed by atoms with van der Waals surface area (Å²) >= 11 is 0. The average Bonchev–Trinajstić information content (AvgIpc) is 2.40. The number of ether oxygens (including phenoxy) is 1. The van der Waals surface area contributed by atoms with Crippen LogP contribution in [-0.4, -0.2) is 31.0 Å². The van der Waals surface area contributed by atoms with E-state index in [1.54, 1.807) is 13.2 Å². The van der Waals surface area contributed by atoms with Crippen LogP contribution in [0.3, 0.4) is 0 Å². The Labute approximate surface area is 126 Å². The van der Waals surface area contributed by atoms with Crippen LogP contribution < -0.4 is 4.74 Å². The maximum Gasteiger partial charge on any atom is 0.119 e. The molecule has 0 bridgehead atoms. The van der Waals surface area contributed by atoms with Crippen LogP contribution in [0.4, 0.5) is 0 Å². The van der Waals surface area contributed by atoms with Gasteiger partial charge in [-0.15, -0.1) is 0 Å². The first-order chi connectivity index (χ1) is 7.76. The van der Waals surface area contributed by atoms with Crippen LogP contribution in [0.5, 0.6) is 5.75 Å². The molecule has 0 atom stereocenters. The fourth-order valence-corrected chi connectivity index (χ4v) is 0.504. The molecule has 0 heterocycles. The summed E-state index contributed by atoms with van der Waals surface area (Å²) in [5.41, 5.74) is 0. The van der Waals surface area contributed by atoms with E-state index in [0.29, 0.717) is 0 Å². The van der Waals surface area contributed by atoms with E-state index < -0.39 is 0 Å². The zero-order valence-corrected chi connectivity index (χ0v) is 14.3. The van der Waals surface area contributed by atoms with Gasteiger partial charge in [0.2, 0.25) is 0 Å². The Kier molecular flexibility index (Phi) is 27.4. The first-order valence-corrected chi connectivity index (χ1v) is 5.85. The normalized spacial score (nSPS) is 7.59. The average molecular weight is 342 g/mol. The molecule has 0 aliphatic heterocycles. The quantitative estimate of drug-likeness (QED) is 0.730. The van der Waals surface area contributed by atoms with Gasteiger partial charge in [-0.05, 0) is 18.2 Å². The number of hydrogen-bond donors (Lipinski definition) is 0. The van der Waals surface area contributed by atoms with E-state index in [1.165, 1.54) is 12.8 Å². The molecule has 0 saturated heterocycles. The first kappa shape index (κ1) is 22.0. The summed E-state index contributed by atoms with van der Waals surface area (Å²) in [7, 11) is 1.64. The van der Waals surface area contributed by atoms with Crippen molar-refractivity contribution in [2.75, 3.05) is 7.11 Å². The van der Waals surface area contributed by atoms with E-state index in [4.69, 9.17) is 4.74 Å². The van der Waals surface area contributed by atoms with Crippen molar-refractivity contribution in [1.82, 2.24) is 0 Å². The van der Waals surface area contributed by atoms with Gasteiger partial charge >= 0.3 is 0 Å². The Hall–Kier alpha value is -0.181. The van der Waals surface area contributed by atoms with Crippen molar-refractivity contribution in [3.05, 3.63) is 44.2 Å². The smallest absolute Gasteiger partial charge is 0.119 e. The maximum atomic E-state index is 4.88. The molecule has 7 radical (unpaired) electrons. The predicted molar refractivity (Wildman–Crippen MR) is 80.2 cm³/mol. The van der Waals surface area contributed by atoms with Crippen LogP contribution in [0.15, 0.2) is 24.3 Å². The van der Waals surface area contributed by atoms with Gasteiger partial charge in [-0.1, -0.05) is 65.5 Å². The Morgan fingerprint density at radius 1 is 1.24 bits per heavy atom. The fourth-order valence-electron chi connectivity index (χ4n) is 0.504. The molecule has 0 N–H and O–H groups in total. The van der Waals surface area contributed by atoms with Crippen molar-refractivity contribution < 1.29 is 6.16 Å². The van der Waals surface area contributed by atoms with Crippen molar-refractivity contribution in [2.24, 2.45) is 0 Å². The standard InChI is InChI=1S/C7H7O.2C4H9.Sn.H2/c1-8-7-5-3-2-4-6-7;2*1-3-4-2;;/h2-3,5-6H,1H3;2*1,3-4H2,2H3;;1H. The van der Waals surface area contributed by atoms with Gasteiger partial charge in [-0.25, -0.2) is 0 Å². The van der Waals surface area contributed by atoms with Crippen LogP contribution >= 0.6 is 0 Å². The van der Waals surface area contributed by atoms with Crippen LogP contribution in [0, 0.1) is 19.9 Å². The third-order valence-electron chi connectivity index (χ3n) is 1.62. The van der Waals surface area contributed by atoms with Gasteiger partial charge < -0.3 is 4.74 Å². The molecule has 0 aliphatic rings. The van der Waals surface area contributed by atoms with Crippen molar-refractivity contribution >= 4 is 23.9 Å². The largest absolute Gasteiger partial charge is 0.497 e. The second kappa shape index (κ2) is 21.1. The van der Waals surface area contributed by atoms with Crippen LogP contribution in [-0.2, 0) is 0 Å². The third kappa shape index (κ3) is 21.6. The number of hydrogen-bond acceptors (Lipinski definition) is 1. The van der Waals surface area contributed by atoms with Gasteiger partial charge in [0, 0.05) is 25.3 Å². The molecule has 0 fully saturated rings. The Morgan fingerprint density at radius 2 is 1.71 bits per heavy atom. The number of unbranched alkanes of at least 4 members (excludes halogenated alkanes) is 2. The second-order valence-corrected chi connectivity index (χ2v) is 3.15. The Bertz CT molecular complexity index is 197. The van der Waals surface area contributed by atoms with E-state index in [9.17, 15) is 0 Å². The van der Waals surface area contributed by atoms with Gasteiger partial charge in [0.05, 0.1) is 7.11 Å². The van der Waals surface area contributed by atoms with Gasteiger partial charge in [-0.3, -0.25) is 0 Å². The van der Waals surface area contributed by atoms with Gasteiger partial charge in [0.15, 0.2) is 0 Å². The summed E-state index contributed by atoms with van der Waals surface area (Å²) in [5, 5.41) is 0. The molecular weight excluding hydrogens is 315 g/mol. The van der Waals surface area contributed by atoms with Crippen molar-refractivity contribution in [2.45, 2.75) is 39.5 Å². The summed E-state index contributed by atoms with van der Waals surface area (Å²) in [6, 6.07) is 10.3. The summed E-state index contributed by atoms with van der Waals surface area (Å²) in [6.45, 7) is 11.4. The third-order valence-corrected chi connectivity index (χ3v) is 1.62. The summed E-state index contributed by atoms with van der Waals surface area (Å²) in [4.78, 5) is 0. The summed E-state index contributed by atoms with van der Waals surface area (Å²) < 4.78 is 4.88. The minimum atomic E-state index is 0. The molecule has 97 valence electrons. The van der Waals surface area contributed by atoms with Gasteiger partial charge in [0.25, 0.3) is 0 Å². The zero-order chi connectivity index (χ0) is 12.6. The van der Waals surface area contributed by atoms with E-state index in [-0.39, 0.29) is 25.3 Å². The van der Waals surface area contributed by atoms with Crippen LogP contribution in [0.25, 0.3) is 0 Å². The topological polar surface area (TPSA) is 9.23 Å². The molecule has 2 heteroatoms. The van der Waals surface area contributed by atoms with E-state index in [1.807, 2.05) is 18.2 Å². The summed E-state index contributed by atoms with van der Waals surface area (Å²) in [5.74, 6) is 0.854. The Balaban J connectivity index is -0.0000000860. The molecule has 0 aliphatic carbocycles. The molecular formula is C15H27OSn. The molecule has 0 aromatic heterocycles. The molecule has 1 aromatic rings. The number of methoxy groups -OCH3 is 1. The molecule has 0 spiro atoms. The molecule has 0 amide bonds. The SMILES string of the molecule is COc1c[c]ccc1.[CH2]CCC.[CH2]CCC.[HH].[Sn]. The Morgan fingerprint density at radius 3 is 1.88 bits per heavy atom. The first-order valence-electron chi connectivity index (χ1n) is 5.85. The van der Waals surface area contributed by atoms with E-state index in [2.05, 4.69) is 33.8 Å². The van der Waals surface area contributed by atoms with E-state index >= 15 is 0 Å². The molecule has 1 rings (SSSR count). The van der Waals surface area contributed by atoms with E-state index in [0.717, 1.165) is 18.6 Å². The molecule has 0 saturated carbocycles. The molecule has 1 nitrogen and oxygen atoms in total. The number of rotatable bonds is 3. The minimum absolute atomic E-state index is 0. The molecule has 17 heavy (non-hydrogen) atoms. The fraction of sp³-hybridized carbons (Fsp3) is 0.467. The number of benzene rings is 1. The van der Waals surface area contributed by atoms with Crippen LogP contribution in [0.2, 0.25) is 0 Å². The molecule has 0 unspecified atom stereocenters. The maximum absolute atomic E-state index is 4.88. The zero-order valence-electron chi connectivity index (χ0n) is 11.5.